The molecule has 24 rings (SSSR count). The first-order valence-corrected chi connectivity index (χ1v) is 50.5. The van der Waals surface area contributed by atoms with Gasteiger partial charge < -0.3 is 4.57 Å². The summed E-state index contributed by atoms with van der Waals surface area (Å²) >= 11 is 0. The number of hydrogen-bond donors (Lipinski definition) is 0. The number of fused-ring (bicyclic) bond motifs is 11. The van der Waals surface area contributed by atoms with E-state index in [1.807, 2.05) is 0 Å². The van der Waals surface area contributed by atoms with Crippen LogP contribution in [-0.4, -0.2) is 33.1 Å². The third-order valence-corrected chi connectivity index (χ3v) is 41.2. The molecule has 0 atom stereocenters. The molecule has 0 radical (unpaired) electrons. The van der Waals surface area contributed by atoms with Crippen LogP contribution in [0.15, 0.2) is 594 Å². The molecule has 0 fully saturated rings. The Hall–Kier alpha value is -15.5. The quantitative estimate of drug-likeness (QED) is 0.0764. The smallest absolute Gasteiger partial charge is 0.221 e. The highest BCUT2D eigenvalue weighted by molar-refractivity contribution is 8.35. The van der Waals surface area contributed by atoms with Crippen LogP contribution in [0, 0.1) is 0 Å². The molecule has 0 spiro atoms. The normalized spacial score (nSPS) is 12.6. The molecule has 130 heavy (non-hydrogen) atoms. The van der Waals surface area contributed by atoms with E-state index in [1.165, 1.54) is 89.1 Å². The van der Waals surface area contributed by atoms with Crippen LogP contribution in [0.3, 0.4) is 0 Å². The van der Waals surface area contributed by atoms with Gasteiger partial charge in [0, 0.05) is 117 Å². The SMILES string of the molecule is c1ccc(S(c2ccccc2)(c2ccccc2)c2ccc3c(c2)c2cc(S(c4ccccc4)(c4ccccc4)c4ccccc4)ccc2n3-c2cc(-n3c4ccc(S(c5ccccc5)(c5ccccc5)c5ccccc5)cc4n4c5cc(S(c6ccccc6)(c6ccccc6)c6ccccc6)ccc5nc34)nc(-c3cccc(-n4c5ccccc5c5ccccc54)c3)n2)cc1. The molecule has 5 heterocycles. The van der Waals surface area contributed by atoms with Gasteiger partial charge in [0.1, 0.15) is 11.6 Å². The fourth-order valence-corrected chi connectivity index (χ4v) is 35.7. The minimum Gasteiger partial charge on any atom is -0.309 e. The van der Waals surface area contributed by atoms with Crippen molar-refractivity contribution in [3.8, 4) is 28.7 Å². The Morgan fingerprint density at radius 2 is 0.438 bits per heavy atom. The van der Waals surface area contributed by atoms with Crippen molar-refractivity contribution < 1.29 is 0 Å². The molecule has 5 aromatic heterocycles. The van der Waals surface area contributed by atoms with Crippen LogP contribution < -0.4 is 0 Å². The molecule has 7 nitrogen and oxygen atoms in total. The van der Waals surface area contributed by atoms with Crippen LogP contribution in [0.1, 0.15) is 0 Å². The Labute approximate surface area is 761 Å². The van der Waals surface area contributed by atoms with E-state index < -0.39 is 40.1 Å². The van der Waals surface area contributed by atoms with Crippen molar-refractivity contribution in [2.75, 3.05) is 0 Å². The van der Waals surface area contributed by atoms with Gasteiger partial charge in [-0.05, 0) is 243 Å². The summed E-state index contributed by atoms with van der Waals surface area (Å²) in [6, 6.07) is 192. The lowest BCUT2D eigenvalue weighted by Crippen LogP contribution is -2.08. The van der Waals surface area contributed by atoms with Crippen LogP contribution in [0.2, 0.25) is 0 Å². The average molecular weight is 1740 g/mol. The minimum absolute atomic E-state index is 0.539. The lowest BCUT2D eigenvalue weighted by molar-refractivity contribution is 0.979. The van der Waals surface area contributed by atoms with Crippen LogP contribution in [0.4, 0.5) is 0 Å². The second kappa shape index (κ2) is 32.4. The van der Waals surface area contributed by atoms with Crippen molar-refractivity contribution in [1.82, 2.24) is 33.1 Å². The minimum atomic E-state index is -2.26. The van der Waals surface area contributed by atoms with Gasteiger partial charge in [0.25, 0.3) is 0 Å². The first-order valence-electron chi connectivity index (χ1n) is 44.0. The molecule has 0 aliphatic heterocycles. The van der Waals surface area contributed by atoms with Crippen molar-refractivity contribution in [2.45, 2.75) is 78.3 Å². The zero-order valence-corrected chi connectivity index (χ0v) is 74.1. The average Bonchev–Trinajstić information content (AvgIpc) is 1.57. The molecule has 0 unspecified atom stereocenters. The fraction of sp³-hybridized carbons (Fsp3) is 0. The van der Waals surface area contributed by atoms with Crippen LogP contribution in [-0.2, 0) is 0 Å². The van der Waals surface area contributed by atoms with E-state index in [0.29, 0.717) is 23.2 Å². The Bertz CT molecular complexity index is 7690. The van der Waals surface area contributed by atoms with Crippen LogP contribution in [0.5, 0.6) is 0 Å². The number of hydrogen-bond acceptors (Lipinski definition) is 3. The maximum Gasteiger partial charge on any atom is 0.221 e. The van der Waals surface area contributed by atoms with Crippen LogP contribution >= 0.6 is 40.1 Å². The molecule has 19 aromatic carbocycles. The topological polar surface area (TPSA) is 57.9 Å². The zero-order chi connectivity index (χ0) is 86.2. The molecular formula is C119H85N7S4. The predicted molar refractivity (Wildman–Crippen MR) is 539 cm³/mol. The lowest BCUT2D eigenvalue weighted by atomic mass is 10.1. The Kier molecular flexibility index (Phi) is 19.5. The number of nitrogens with zero attached hydrogens (tertiary/aromatic N) is 7. The van der Waals surface area contributed by atoms with Crippen molar-refractivity contribution in [3.05, 3.63) is 516 Å². The van der Waals surface area contributed by atoms with Gasteiger partial charge in [-0.1, -0.05) is 267 Å². The predicted octanol–water partition coefficient (Wildman–Crippen LogP) is 32.4. The van der Waals surface area contributed by atoms with Gasteiger partial charge >= 0.3 is 0 Å². The summed E-state index contributed by atoms with van der Waals surface area (Å²) in [5.41, 5.74) is 9.73. The number of para-hydroxylation sites is 2. The number of imidazole rings is 2. The standard InChI is InChI=1S/C119H85N7S4/c1-13-44-88(45-14-1)127(89-46-15-2-16-47-89,90-48-17-3-18-49-90)100-73-77-111-106(81-100)107-82-101(128(91-50-19-4-20-51-91,92-52-21-5-22-53-92)93-54-23-6-24-55-93)74-78-112(107)124(111)116-85-117(122-118(121-116)86-42-41-43-87(80-86)123-109-70-39-37-68-104(109)105-69-38-40-71-110(105)123)126-113-79-75-103(130(97-62-31-10-32-63-97,98-64-33-11-34-65-98)99-66-35-12-36-67-99)84-115(113)125-114-83-102(72-76-108(114)120-119(125)126)129(94-56-25-7-26-57-94,95-58-27-8-28-59-95)96-60-29-9-30-61-96/h1-85H. The molecule has 620 valence electrons. The maximum atomic E-state index is 6.12. The van der Waals surface area contributed by atoms with Gasteiger partial charge in [-0.25, -0.2) is 15.0 Å². The Balaban J connectivity index is 0.840. The van der Waals surface area contributed by atoms with Gasteiger partial charge in [-0.3, -0.25) is 13.5 Å². The fourth-order valence-electron chi connectivity index (χ4n) is 20.2. The van der Waals surface area contributed by atoms with Gasteiger partial charge in [-0.15, -0.1) is 40.1 Å². The molecule has 0 amide bonds. The van der Waals surface area contributed by atoms with Gasteiger partial charge in [0.15, 0.2) is 5.82 Å². The van der Waals surface area contributed by atoms with Gasteiger partial charge in [0.05, 0.1) is 44.1 Å². The van der Waals surface area contributed by atoms with E-state index in [0.717, 1.165) is 66.2 Å². The first-order chi connectivity index (χ1) is 64.5. The van der Waals surface area contributed by atoms with E-state index >= 15 is 0 Å². The third kappa shape index (κ3) is 12.4. The molecule has 0 aliphatic rings. The summed E-state index contributed by atoms with van der Waals surface area (Å²) < 4.78 is 9.61. The summed E-state index contributed by atoms with van der Waals surface area (Å²) in [4.78, 5) is 37.8. The molecule has 24 aromatic rings. The van der Waals surface area contributed by atoms with Crippen molar-refractivity contribution >= 4 is 112 Å². The highest BCUT2D eigenvalue weighted by Crippen LogP contribution is 2.78. The Morgan fingerprint density at radius 3 is 0.777 bits per heavy atom. The molecule has 0 bridgehead atoms. The first kappa shape index (κ1) is 78.0. The molecule has 11 heteroatoms. The van der Waals surface area contributed by atoms with Crippen molar-refractivity contribution in [3.63, 3.8) is 0 Å². The highest BCUT2D eigenvalue weighted by atomic mass is 32.3. The summed E-state index contributed by atoms with van der Waals surface area (Å²) in [5.74, 6) is 2.56. The number of aromatic nitrogens is 7. The second-order valence-electron chi connectivity index (χ2n) is 32.6. The highest BCUT2D eigenvalue weighted by Gasteiger charge is 2.40. The summed E-state index contributed by atoms with van der Waals surface area (Å²) in [6.45, 7) is 0. The van der Waals surface area contributed by atoms with Gasteiger partial charge in [0.2, 0.25) is 5.78 Å². The summed E-state index contributed by atoms with van der Waals surface area (Å²) in [7, 11) is -8.93. The largest absolute Gasteiger partial charge is 0.309 e. The second-order valence-corrected chi connectivity index (χ2v) is 45.1. The molecule has 0 saturated heterocycles. The van der Waals surface area contributed by atoms with Crippen molar-refractivity contribution in [2.24, 2.45) is 0 Å². The van der Waals surface area contributed by atoms with E-state index in [9.17, 15) is 0 Å². The molecule has 0 N–H and O–H groups in total. The van der Waals surface area contributed by atoms with Gasteiger partial charge in [-0.2, -0.15) is 0 Å². The van der Waals surface area contributed by atoms with E-state index in [2.05, 4.69) is 534 Å². The van der Waals surface area contributed by atoms with E-state index in [-0.39, 0.29) is 0 Å². The van der Waals surface area contributed by atoms with E-state index in [4.69, 9.17) is 15.0 Å². The lowest BCUT2D eigenvalue weighted by Gasteiger charge is -2.42. The Morgan fingerprint density at radius 1 is 0.162 bits per heavy atom. The van der Waals surface area contributed by atoms with Crippen LogP contribution in [0.25, 0.3) is 100 Å². The zero-order valence-electron chi connectivity index (χ0n) is 70.8. The third-order valence-electron chi connectivity index (χ3n) is 25.6. The number of benzene rings is 19. The van der Waals surface area contributed by atoms with Crippen molar-refractivity contribution in [1.29, 1.82) is 0 Å². The molecule has 0 aliphatic carbocycles. The molecular weight excluding hydrogens is 1660 g/mol. The summed E-state index contributed by atoms with van der Waals surface area (Å²) in [6.07, 6.45) is 0. The number of rotatable bonds is 20. The summed E-state index contributed by atoms with van der Waals surface area (Å²) in [5, 5.41) is 4.54. The van der Waals surface area contributed by atoms with E-state index in [1.54, 1.807) is 0 Å². The molecule has 0 saturated carbocycles. The monoisotopic (exact) mass is 1740 g/mol. The maximum absolute atomic E-state index is 6.12.